The number of nitrogens with zero attached hydrogens (tertiary/aromatic N) is 5. The Labute approximate surface area is 210 Å². The first kappa shape index (κ1) is 23.4. The van der Waals surface area contributed by atoms with Crippen molar-refractivity contribution >= 4 is 28.2 Å². The molecule has 5 aromatic rings. The quantitative estimate of drug-likeness (QED) is 0.234. The first-order valence-electron chi connectivity index (χ1n) is 11.2. The lowest BCUT2D eigenvalue weighted by molar-refractivity contribution is 0.0938. The second kappa shape index (κ2) is 9.70. The molecule has 5 N–H and O–H groups in total. The molecular weight excluding hydrogens is 476 g/mol. The third-order valence-electron chi connectivity index (χ3n) is 5.55. The summed E-state index contributed by atoms with van der Waals surface area (Å²) in [5, 5.41) is 27.7. The van der Waals surface area contributed by atoms with Crippen LogP contribution in [0.4, 0.5) is 5.82 Å². The number of ether oxygens (including phenoxy) is 1. The molecule has 0 saturated carbocycles. The van der Waals surface area contributed by atoms with Crippen molar-refractivity contribution in [2.75, 3.05) is 12.3 Å². The largest absolute Gasteiger partial charge is 0.507 e. The molecule has 37 heavy (non-hydrogen) atoms. The lowest BCUT2D eigenvalue weighted by Gasteiger charge is -2.14. The number of hydrogen-bond donors (Lipinski definition) is 4. The standard InChI is InChI=1S/C25H22N8O4/c1-3-36-17-9-6-8-16(13-17)21-20(28-32-33(21)24-23(26)30-37-31-24)25(35)29-27-14(2)18-12-11-15-7-4-5-10-19(15)22(18)34/h4-13,27,34H,2-3H2,1H3,(H2,26,30)(H,29,35). The third kappa shape index (κ3) is 4.38. The van der Waals surface area contributed by atoms with Crippen molar-refractivity contribution < 1.29 is 19.3 Å². The zero-order valence-corrected chi connectivity index (χ0v) is 19.7. The fourth-order valence-electron chi connectivity index (χ4n) is 3.84. The number of nitrogen functional groups attached to an aromatic ring is 1. The van der Waals surface area contributed by atoms with Crippen LogP contribution in [-0.2, 0) is 0 Å². The molecule has 2 aromatic heterocycles. The molecule has 0 bridgehead atoms. The smallest absolute Gasteiger partial charge is 0.292 e. The van der Waals surface area contributed by atoms with Crippen LogP contribution in [0.1, 0.15) is 23.0 Å². The summed E-state index contributed by atoms with van der Waals surface area (Å²) in [6.07, 6.45) is 0. The average Bonchev–Trinajstić information content (AvgIpc) is 3.54. The first-order chi connectivity index (χ1) is 18.0. The fourth-order valence-corrected chi connectivity index (χ4v) is 3.84. The lowest BCUT2D eigenvalue weighted by atomic mass is 10.0. The van der Waals surface area contributed by atoms with E-state index >= 15 is 0 Å². The van der Waals surface area contributed by atoms with Crippen LogP contribution in [0.25, 0.3) is 33.5 Å². The van der Waals surface area contributed by atoms with E-state index in [1.807, 2.05) is 31.2 Å². The third-order valence-corrected chi connectivity index (χ3v) is 5.55. The molecule has 5 rings (SSSR count). The van der Waals surface area contributed by atoms with Gasteiger partial charge in [-0.2, -0.15) is 4.68 Å². The predicted molar refractivity (Wildman–Crippen MR) is 135 cm³/mol. The van der Waals surface area contributed by atoms with Gasteiger partial charge in [-0.3, -0.25) is 15.6 Å². The average molecular weight is 499 g/mol. The highest BCUT2D eigenvalue weighted by Crippen LogP contribution is 2.32. The van der Waals surface area contributed by atoms with E-state index in [0.29, 0.717) is 28.9 Å². The van der Waals surface area contributed by atoms with Crippen molar-refractivity contribution in [2.24, 2.45) is 0 Å². The number of phenolic OH excluding ortho intramolecular Hbond substituents is 1. The number of amides is 1. The molecule has 0 saturated heterocycles. The Bertz CT molecular complexity index is 1620. The van der Waals surface area contributed by atoms with Gasteiger partial charge in [0.1, 0.15) is 17.2 Å². The van der Waals surface area contributed by atoms with Gasteiger partial charge in [0.05, 0.1) is 12.3 Å². The van der Waals surface area contributed by atoms with Crippen molar-refractivity contribution in [1.82, 2.24) is 36.2 Å². The fraction of sp³-hybridized carbons (Fsp3) is 0.0800. The molecule has 0 fully saturated rings. The van der Waals surface area contributed by atoms with Gasteiger partial charge >= 0.3 is 0 Å². The van der Waals surface area contributed by atoms with Crippen molar-refractivity contribution in [3.05, 3.63) is 78.5 Å². The SMILES string of the molecule is C=C(NNC(=O)c1nnn(-c2nonc2N)c1-c1cccc(OCC)c1)c1ccc2ccccc2c1O. The second-order valence-corrected chi connectivity index (χ2v) is 7.87. The number of carbonyl (C=O) groups is 1. The van der Waals surface area contributed by atoms with Gasteiger partial charge in [-0.25, -0.2) is 4.63 Å². The van der Waals surface area contributed by atoms with Crippen LogP contribution in [0.3, 0.4) is 0 Å². The molecule has 0 aliphatic rings. The van der Waals surface area contributed by atoms with Crippen molar-refractivity contribution in [3.63, 3.8) is 0 Å². The summed E-state index contributed by atoms with van der Waals surface area (Å²) < 4.78 is 11.6. The summed E-state index contributed by atoms with van der Waals surface area (Å²) in [5.41, 5.74) is 12.7. The number of hydrogen-bond acceptors (Lipinski definition) is 10. The molecule has 12 heteroatoms. The summed E-state index contributed by atoms with van der Waals surface area (Å²) in [7, 11) is 0. The van der Waals surface area contributed by atoms with Gasteiger partial charge < -0.3 is 15.6 Å². The minimum Gasteiger partial charge on any atom is -0.507 e. The summed E-state index contributed by atoms with van der Waals surface area (Å²) in [4.78, 5) is 13.2. The molecule has 0 radical (unpaired) electrons. The summed E-state index contributed by atoms with van der Waals surface area (Å²) in [6, 6.07) is 18.0. The maximum absolute atomic E-state index is 13.2. The van der Waals surface area contributed by atoms with Crippen LogP contribution in [0.2, 0.25) is 0 Å². The van der Waals surface area contributed by atoms with Crippen LogP contribution < -0.4 is 21.3 Å². The number of carbonyl (C=O) groups excluding carboxylic acids is 1. The van der Waals surface area contributed by atoms with Gasteiger partial charge in [0.25, 0.3) is 5.91 Å². The maximum Gasteiger partial charge on any atom is 0.292 e. The van der Waals surface area contributed by atoms with E-state index in [1.165, 1.54) is 4.68 Å². The Morgan fingerprint density at radius 3 is 2.76 bits per heavy atom. The molecule has 2 heterocycles. The second-order valence-electron chi connectivity index (χ2n) is 7.87. The number of aromatic nitrogens is 5. The molecule has 3 aromatic carbocycles. The van der Waals surface area contributed by atoms with E-state index in [4.69, 9.17) is 15.1 Å². The van der Waals surface area contributed by atoms with Crippen LogP contribution in [-0.4, -0.2) is 42.9 Å². The summed E-state index contributed by atoms with van der Waals surface area (Å²) in [5.74, 6) is 0.0422. The Balaban J connectivity index is 1.46. The van der Waals surface area contributed by atoms with Crippen molar-refractivity contribution in [2.45, 2.75) is 6.92 Å². The van der Waals surface area contributed by atoms with Gasteiger partial charge in [0.2, 0.25) is 11.6 Å². The predicted octanol–water partition coefficient (Wildman–Crippen LogP) is 3.06. The Kier molecular flexibility index (Phi) is 6.12. The highest BCUT2D eigenvalue weighted by molar-refractivity contribution is 5.99. The molecule has 0 aliphatic heterocycles. The van der Waals surface area contributed by atoms with Gasteiger partial charge in [-0.1, -0.05) is 54.3 Å². The van der Waals surface area contributed by atoms with E-state index in [0.717, 1.165) is 5.39 Å². The van der Waals surface area contributed by atoms with Crippen molar-refractivity contribution in [1.29, 1.82) is 0 Å². The normalized spacial score (nSPS) is 10.8. The Morgan fingerprint density at radius 2 is 1.97 bits per heavy atom. The highest BCUT2D eigenvalue weighted by Gasteiger charge is 2.26. The van der Waals surface area contributed by atoms with E-state index < -0.39 is 5.91 Å². The number of rotatable bonds is 8. The van der Waals surface area contributed by atoms with Gasteiger partial charge in [0, 0.05) is 16.5 Å². The maximum atomic E-state index is 13.2. The summed E-state index contributed by atoms with van der Waals surface area (Å²) >= 11 is 0. The van der Waals surface area contributed by atoms with Gasteiger partial charge in [0.15, 0.2) is 5.69 Å². The van der Waals surface area contributed by atoms with Crippen LogP contribution >= 0.6 is 0 Å². The zero-order valence-electron chi connectivity index (χ0n) is 19.7. The van der Waals surface area contributed by atoms with E-state index in [9.17, 15) is 9.90 Å². The van der Waals surface area contributed by atoms with E-state index in [1.54, 1.807) is 36.4 Å². The van der Waals surface area contributed by atoms with Crippen molar-refractivity contribution in [3.8, 4) is 28.6 Å². The van der Waals surface area contributed by atoms with Gasteiger partial charge in [-0.05, 0) is 40.8 Å². The highest BCUT2D eigenvalue weighted by atomic mass is 16.6. The number of hydrazine groups is 1. The number of fused-ring (bicyclic) bond motifs is 1. The number of aromatic hydroxyl groups is 1. The minimum absolute atomic E-state index is 0.0302. The minimum atomic E-state index is -0.625. The Hall–Kier alpha value is -5.39. The number of benzene rings is 3. The molecule has 186 valence electrons. The van der Waals surface area contributed by atoms with E-state index in [2.05, 4.69) is 38.1 Å². The number of phenols is 1. The molecule has 0 spiro atoms. The zero-order chi connectivity index (χ0) is 25.9. The lowest BCUT2D eigenvalue weighted by Crippen LogP contribution is -2.36. The van der Waals surface area contributed by atoms with Crippen LogP contribution in [0.5, 0.6) is 11.5 Å². The molecule has 0 aliphatic carbocycles. The number of nitrogens with one attached hydrogen (secondary N) is 2. The molecule has 0 unspecified atom stereocenters. The molecule has 0 atom stereocenters. The monoisotopic (exact) mass is 498 g/mol. The summed E-state index contributed by atoms with van der Waals surface area (Å²) in [6.45, 7) is 6.26. The molecule has 1 amide bonds. The molecule has 12 nitrogen and oxygen atoms in total. The number of anilines is 1. The topological polar surface area (TPSA) is 166 Å². The van der Waals surface area contributed by atoms with E-state index in [-0.39, 0.29) is 34.5 Å². The number of nitrogens with two attached hydrogens (primary N) is 1. The van der Waals surface area contributed by atoms with Crippen LogP contribution in [0, 0.1) is 0 Å². The first-order valence-corrected chi connectivity index (χ1v) is 11.2. The van der Waals surface area contributed by atoms with Gasteiger partial charge in [-0.15, -0.1) is 5.10 Å². The Morgan fingerprint density at radius 1 is 1.14 bits per heavy atom. The van der Waals surface area contributed by atoms with Crippen LogP contribution in [0.15, 0.2) is 71.9 Å². The molecular formula is C25H22N8O4.